The summed E-state index contributed by atoms with van der Waals surface area (Å²) in [5.74, 6) is 1.84. The quantitative estimate of drug-likeness (QED) is 0.757. The van der Waals surface area contributed by atoms with Crippen LogP contribution in [0.3, 0.4) is 0 Å². The summed E-state index contributed by atoms with van der Waals surface area (Å²) in [5, 5.41) is 3.09. The summed E-state index contributed by atoms with van der Waals surface area (Å²) in [6.07, 6.45) is 1.00. The van der Waals surface area contributed by atoms with Crippen LogP contribution in [0.2, 0.25) is 0 Å². The molecule has 0 fully saturated rings. The number of methoxy groups -OCH3 is 1. The van der Waals surface area contributed by atoms with Gasteiger partial charge >= 0.3 is 0 Å². The van der Waals surface area contributed by atoms with Crippen LogP contribution in [-0.4, -0.2) is 20.7 Å². The van der Waals surface area contributed by atoms with Gasteiger partial charge in [0.25, 0.3) is 0 Å². The van der Waals surface area contributed by atoms with Gasteiger partial charge in [0.05, 0.1) is 0 Å². The van der Waals surface area contributed by atoms with Crippen LogP contribution in [-0.2, 0) is 4.74 Å². The lowest BCUT2D eigenvalue weighted by atomic mass is 10.2. The fraction of sp³-hybridized carbons (Fsp3) is 0.600. The molecule has 1 unspecified atom stereocenters. The molecule has 0 amide bonds. The van der Waals surface area contributed by atoms with Crippen LogP contribution in [0.4, 0.5) is 0 Å². The molecule has 0 saturated heterocycles. The lowest BCUT2D eigenvalue weighted by Crippen LogP contribution is -2.12. The summed E-state index contributed by atoms with van der Waals surface area (Å²) in [6.45, 7) is 2.87. The lowest BCUT2D eigenvalue weighted by molar-refractivity contribution is 0.0765. The van der Waals surface area contributed by atoms with E-state index >= 15 is 0 Å². The topological polar surface area (TPSA) is 34.4 Å². The molecule has 74 valence electrons. The first kappa shape index (κ1) is 10.3. The van der Waals surface area contributed by atoms with Gasteiger partial charge in [0.2, 0.25) is 0 Å². The van der Waals surface area contributed by atoms with E-state index in [0.717, 1.165) is 24.5 Å². The van der Waals surface area contributed by atoms with E-state index in [1.54, 1.807) is 7.11 Å². The highest BCUT2D eigenvalue weighted by Crippen LogP contribution is 2.21. The first-order valence-electron chi connectivity index (χ1n) is 4.51. The SMILES string of the molecule is CNCCC(OC)c1ccc(C)o1. The van der Waals surface area contributed by atoms with Gasteiger partial charge in [-0.1, -0.05) is 0 Å². The van der Waals surface area contributed by atoms with Crippen molar-refractivity contribution in [3.8, 4) is 0 Å². The Morgan fingerprint density at radius 1 is 1.54 bits per heavy atom. The van der Waals surface area contributed by atoms with Crippen LogP contribution in [0.5, 0.6) is 0 Å². The van der Waals surface area contributed by atoms with Gasteiger partial charge < -0.3 is 14.5 Å². The van der Waals surface area contributed by atoms with E-state index in [-0.39, 0.29) is 6.10 Å². The predicted octanol–water partition coefficient (Wildman–Crippen LogP) is 1.89. The Morgan fingerprint density at radius 3 is 2.77 bits per heavy atom. The van der Waals surface area contributed by atoms with Crippen LogP contribution in [0.25, 0.3) is 0 Å². The molecule has 1 aromatic heterocycles. The van der Waals surface area contributed by atoms with Gasteiger partial charge in [-0.2, -0.15) is 0 Å². The number of hydrogen-bond acceptors (Lipinski definition) is 3. The third-order valence-electron chi connectivity index (χ3n) is 2.02. The van der Waals surface area contributed by atoms with Gasteiger partial charge in [-0.25, -0.2) is 0 Å². The second-order valence-corrected chi connectivity index (χ2v) is 3.06. The van der Waals surface area contributed by atoms with E-state index in [0.29, 0.717) is 0 Å². The maximum atomic E-state index is 5.48. The number of nitrogens with one attached hydrogen (secondary N) is 1. The Bertz CT molecular complexity index is 245. The Balaban J connectivity index is 2.56. The van der Waals surface area contributed by atoms with Crippen molar-refractivity contribution in [3.05, 3.63) is 23.7 Å². The summed E-state index contributed by atoms with van der Waals surface area (Å²) in [4.78, 5) is 0. The molecule has 1 aromatic rings. The van der Waals surface area contributed by atoms with Crippen molar-refractivity contribution >= 4 is 0 Å². The van der Waals surface area contributed by atoms with Crippen LogP contribution >= 0.6 is 0 Å². The van der Waals surface area contributed by atoms with Crippen molar-refractivity contribution in [2.24, 2.45) is 0 Å². The van der Waals surface area contributed by atoms with E-state index in [1.807, 2.05) is 26.1 Å². The van der Waals surface area contributed by atoms with E-state index < -0.39 is 0 Å². The molecule has 0 aromatic carbocycles. The number of aryl methyl sites for hydroxylation is 1. The zero-order chi connectivity index (χ0) is 9.68. The van der Waals surface area contributed by atoms with E-state index in [1.165, 1.54) is 0 Å². The fourth-order valence-electron chi connectivity index (χ4n) is 1.28. The van der Waals surface area contributed by atoms with Crippen molar-refractivity contribution in [3.63, 3.8) is 0 Å². The second-order valence-electron chi connectivity index (χ2n) is 3.06. The summed E-state index contributed by atoms with van der Waals surface area (Å²) < 4.78 is 10.8. The standard InChI is InChI=1S/C10H17NO2/c1-8-4-5-10(13-8)9(12-3)6-7-11-2/h4-5,9,11H,6-7H2,1-3H3. The van der Waals surface area contributed by atoms with Crippen molar-refractivity contribution in [1.82, 2.24) is 5.32 Å². The molecule has 1 N–H and O–H groups in total. The average Bonchev–Trinajstić information content (AvgIpc) is 2.54. The van der Waals surface area contributed by atoms with E-state index in [2.05, 4.69) is 5.32 Å². The Hall–Kier alpha value is -0.800. The van der Waals surface area contributed by atoms with Gasteiger partial charge in [-0.15, -0.1) is 0 Å². The van der Waals surface area contributed by atoms with Crippen LogP contribution in [0, 0.1) is 6.92 Å². The molecule has 13 heavy (non-hydrogen) atoms. The number of hydrogen-bond donors (Lipinski definition) is 1. The third kappa shape index (κ3) is 2.86. The van der Waals surface area contributed by atoms with Gasteiger partial charge in [0.15, 0.2) is 0 Å². The summed E-state index contributed by atoms with van der Waals surface area (Å²) in [7, 11) is 3.64. The van der Waals surface area contributed by atoms with Crippen molar-refractivity contribution in [2.45, 2.75) is 19.4 Å². The molecule has 3 heteroatoms. The Kier molecular flexibility index (Phi) is 3.99. The van der Waals surface area contributed by atoms with E-state index in [4.69, 9.17) is 9.15 Å². The molecule has 0 aliphatic carbocycles. The summed E-state index contributed by atoms with van der Waals surface area (Å²) in [5.41, 5.74) is 0. The minimum absolute atomic E-state index is 0.0705. The highest BCUT2D eigenvalue weighted by molar-refractivity contribution is 5.08. The zero-order valence-corrected chi connectivity index (χ0v) is 8.46. The highest BCUT2D eigenvalue weighted by atomic mass is 16.5. The highest BCUT2D eigenvalue weighted by Gasteiger charge is 2.12. The van der Waals surface area contributed by atoms with Crippen LogP contribution in [0.15, 0.2) is 16.5 Å². The van der Waals surface area contributed by atoms with Gasteiger partial charge in [0, 0.05) is 7.11 Å². The van der Waals surface area contributed by atoms with Crippen molar-refractivity contribution in [2.75, 3.05) is 20.7 Å². The predicted molar refractivity (Wildman–Crippen MR) is 51.7 cm³/mol. The average molecular weight is 183 g/mol. The summed E-state index contributed by atoms with van der Waals surface area (Å²) in [6, 6.07) is 3.93. The summed E-state index contributed by atoms with van der Waals surface area (Å²) >= 11 is 0. The number of ether oxygens (including phenoxy) is 1. The number of rotatable bonds is 5. The Labute approximate surface area is 79.1 Å². The van der Waals surface area contributed by atoms with Crippen LogP contribution in [0.1, 0.15) is 24.0 Å². The van der Waals surface area contributed by atoms with Gasteiger partial charge in [0.1, 0.15) is 17.6 Å². The maximum absolute atomic E-state index is 5.48. The molecule has 0 bridgehead atoms. The van der Waals surface area contributed by atoms with Gasteiger partial charge in [-0.05, 0) is 39.1 Å². The minimum Gasteiger partial charge on any atom is -0.464 e. The molecule has 0 aliphatic rings. The third-order valence-corrected chi connectivity index (χ3v) is 2.02. The molecule has 1 heterocycles. The molecule has 0 saturated carbocycles. The molecular formula is C10H17NO2. The maximum Gasteiger partial charge on any atom is 0.132 e. The van der Waals surface area contributed by atoms with Gasteiger partial charge in [-0.3, -0.25) is 0 Å². The van der Waals surface area contributed by atoms with Crippen molar-refractivity contribution in [1.29, 1.82) is 0 Å². The molecule has 0 spiro atoms. The minimum atomic E-state index is 0.0705. The molecular weight excluding hydrogens is 166 g/mol. The van der Waals surface area contributed by atoms with E-state index in [9.17, 15) is 0 Å². The molecule has 1 atom stereocenters. The first-order chi connectivity index (χ1) is 6.27. The smallest absolute Gasteiger partial charge is 0.132 e. The fourth-order valence-corrected chi connectivity index (χ4v) is 1.28. The molecule has 1 rings (SSSR count). The lowest BCUT2D eigenvalue weighted by Gasteiger charge is -2.11. The number of furan rings is 1. The first-order valence-corrected chi connectivity index (χ1v) is 4.51. The normalized spacial score (nSPS) is 13.2. The molecule has 0 aliphatic heterocycles. The monoisotopic (exact) mass is 183 g/mol. The van der Waals surface area contributed by atoms with Crippen LogP contribution < -0.4 is 5.32 Å². The largest absolute Gasteiger partial charge is 0.464 e. The molecule has 0 radical (unpaired) electrons. The molecule has 3 nitrogen and oxygen atoms in total. The zero-order valence-electron chi connectivity index (χ0n) is 8.46. The Morgan fingerprint density at radius 2 is 2.31 bits per heavy atom. The van der Waals surface area contributed by atoms with Crippen molar-refractivity contribution < 1.29 is 9.15 Å². The second kappa shape index (κ2) is 5.04.